The number of hydrogen-bond donors (Lipinski definition) is 0. The van der Waals surface area contributed by atoms with E-state index >= 15 is 0 Å². The van der Waals surface area contributed by atoms with Gasteiger partial charge in [0.05, 0.1) is 12.7 Å². The van der Waals surface area contributed by atoms with Crippen LogP contribution in [0, 0.1) is 0 Å². The van der Waals surface area contributed by atoms with Crippen LogP contribution < -0.4 is 0 Å². The molecule has 10 heavy (non-hydrogen) atoms. The Morgan fingerprint density at radius 1 is 1.50 bits per heavy atom. The van der Waals surface area contributed by atoms with E-state index in [2.05, 4.69) is 6.92 Å². The van der Waals surface area contributed by atoms with E-state index in [0.717, 1.165) is 6.61 Å². The molecule has 3 unspecified atom stereocenters. The van der Waals surface area contributed by atoms with Crippen molar-refractivity contribution < 1.29 is 9.47 Å². The van der Waals surface area contributed by atoms with Crippen molar-refractivity contribution in [3.05, 3.63) is 0 Å². The molecule has 0 aromatic heterocycles. The molecule has 0 aliphatic carbocycles. The molecule has 0 spiro atoms. The molecule has 58 valence electrons. The zero-order valence-electron chi connectivity index (χ0n) is 6.38. The van der Waals surface area contributed by atoms with Crippen molar-refractivity contribution in [2.45, 2.75) is 44.5 Å². The maximum atomic E-state index is 5.42. The van der Waals surface area contributed by atoms with Crippen LogP contribution in [-0.2, 0) is 9.47 Å². The number of epoxide rings is 2. The Balaban J connectivity index is 1.60. The summed E-state index contributed by atoms with van der Waals surface area (Å²) in [6.07, 6.45) is 5.31. The number of hydrogen-bond acceptors (Lipinski definition) is 2. The van der Waals surface area contributed by atoms with E-state index in [1.807, 2.05) is 0 Å². The van der Waals surface area contributed by atoms with E-state index in [1.54, 1.807) is 0 Å². The molecule has 0 N–H and O–H groups in total. The lowest BCUT2D eigenvalue weighted by molar-refractivity contribution is 0.312. The van der Waals surface area contributed by atoms with Crippen LogP contribution in [0.25, 0.3) is 0 Å². The van der Waals surface area contributed by atoms with Crippen molar-refractivity contribution in [2.24, 2.45) is 0 Å². The van der Waals surface area contributed by atoms with Gasteiger partial charge in [0.15, 0.2) is 0 Å². The summed E-state index contributed by atoms with van der Waals surface area (Å²) in [5, 5.41) is 0. The Kier molecular flexibility index (Phi) is 1.66. The lowest BCUT2D eigenvalue weighted by Crippen LogP contribution is -2.00. The quantitative estimate of drug-likeness (QED) is 0.553. The van der Waals surface area contributed by atoms with Crippen LogP contribution in [0.4, 0.5) is 0 Å². The highest BCUT2D eigenvalue weighted by molar-refractivity contribution is 4.96. The Morgan fingerprint density at radius 2 is 2.30 bits per heavy atom. The molecular weight excluding hydrogens is 128 g/mol. The van der Waals surface area contributed by atoms with Gasteiger partial charge < -0.3 is 9.47 Å². The molecule has 2 rings (SSSR count). The van der Waals surface area contributed by atoms with Crippen LogP contribution in [0.5, 0.6) is 0 Å². The summed E-state index contributed by atoms with van der Waals surface area (Å²) in [6, 6.07) is 0. The Labute approximate surface area is 61.5 Å². The third-order valence-electron chi connectivity index (χ3n) is 2.19. The van der Waals surface area contributed by atoms with E-state index < -0.39 is 0 Å². The van der Waals surface area contributed by atoms with Gasteiger partial charge in [0, 0.05) is 0 Å². The molecule has 2 nitrogen and oxygen atoms in total. The van der Waals surface area contributed by atoms with Gasteiger partial charge in [-0.15, -0.1) is 0 Å². The molecule has 0 radical (unpaired) electrons. The Morgan fingerprint density at radius 3 is 2.90 bits per heavy atom. The predicted octanol–water partition coefficient (Wildman–Crippen LogP) is 1.34. The van der Waals surface area contributed by atoms with Gasteiger partial charge in [0.2, 0.25) is 0 Å². The number of ether oxygens (including phenoxy) is 2. The fraction of sp³-hybridized carbons (Fsp3) is 1.00. The van der Waals surface area contributed by atoms with Gasteiger partial charge in [0.25, 0.3) is 0 Å². The van der Waals surface area contributed by atoms with E-state index in [9.17, 15) is 0 Å². The second kappa shape index (κ2) is 2.51. The molecule has 2 heterocycles. The topological polar surface area (TPSA) is 25.1 Å². The zero-order chi connectivity index (χ0) is 6.97. The fourth-order valence-corrected chi connectivity index (χ4v) is 1.37. The van der Waals surface area contributed by atoms with Gasteiger partial charge in [-0.3, -0.25) is 0 Å². The summed E-state index contributed by atoms with van der Waals surface area (Å²) in [7, 11) is 0. The summed E-state index contributed by atoms with van der Waals surface area (Å²) in [5.74, 6) is 0. The Hall–Kier alpha value is -0.0800. The molecule has 2 fully saturated rings. The number of unbranched alkanes of at least 4 members (excludes halogenated alkanes) is 1. The van der Waals surface area contributed by atoms with Crippen LogP contribution in [0.3, 0.4) is 0 Å². The van der Waals surface area contributed by atoms with Crippen LogP contribution in [0.2, 0.25) is 0 Å². The van der Waals surface area contributed by atoms with Crippen LogP contribution in [0.15, 0.2) is 0 Å². The predicted molar refractivity (Wildman–Crippen MR) is 37.9 cm³/mol. The van der Waals surface area contributed by atoms with E-state index in [1.165, 1.54) is 19.3 Å². The smallest absolute Gasteiger partial charge is 0.112 e. The maximum absolute atomic E-state index is 5.42. The van der Waals surface area contributed by atoms with Crippen molar-refractivity contribution in [1.29, 1.82) is 0 Å². The van der Waals surface area contributed by atoms with Gasteiger partial charge in [-0.2, -0.15) is 0 Å². The lowest BCUT2D eigenvalue weighted by Gasteiger charge is -1.88. The highest BCUT2D eigenvalue weighted by Gasteiger charge is 2.50. The van der Waals surface area contributed by atoms with Gasteiger partial charge in [-0.05, 0) is 6.42 Å². The summed E-state index contributed by atoms with van der Waals surface area (Å²) in [4.78, 5) is 0. The molecule has 0 aromatic rings. The standard InChI is InChI=1S/C8H14O2/c1-2-3-4-6-8(10-6)7-5-9-7/h6-8H,2-5H2,1H3. The minimum absolute atomic E-state index is 0.474. The fourth-order valence-electron chi connectivity index (χ4n) is 1.37. The van der Waals surface area contributed by atoms with E-state index in [4.69, 9.17) is 9.47 Å². The molecule has 2 aliphatic heterocycles. The van der Waals surface area contributed by atoms with Gasteiger partial charge in [-0.1, -0.05) is 19.8 Å². The molecule has 0 saturated carbocycles. The number of rotatable bonds is 4. The maximum Gasteiger partial charge on any atom is 0.112 e. The van der Waals surface area contributed by atoms with E-state index in [0.29, 0.717) is 18.3 Å². The molecule has 0 aromatic carbocycles. The van der Waals surface area contributed by atoms with Crippen molar-refractivity contribution in [2.75, 3.05) is 6.61 Å². The van der Waals surface area contributed by atoms with Crippen molar-refractivity contribution in [3.8, 4) is 0 Å². The average molecular weight is 142 g/mol. The average Bonchev–Trinajstić information content (AvgIpc) is 2.77. The SMILES string of the molecule is CCCCC1OC1C1CO1. The highest BCUT2D eigenvalue weighted by atomic mass is 16.7. The largest absolute Gasteiger partial charge is 0.370 e. The van der Waals surface area contributed by atoms with Gasteiger partial charge in [0.1, 0.15) is 12.2 Å². The molecular formula is C8H14O2. The first-order chi connectivity index (χ1) is 4.92. The Bertz CT molecular complexity index is 120. The third kappa shape index (κ3) is 1.32. The van der Waals surface area contributed by atoms with Crippen LogP contribution in [0.1, 0.15) is 26.2 Å². The molecule has 2 aliphatic rings. The van der Waals surface area contributed by atoms with E-state index in [-0.39, 0.29) is 0 Å². The molecule has 2 heteroatoms. The monoisotopic (exact) mass is 142 g/mol. The second-order valence-corrected chi connectivity index (χ2v) is 3.15. The highest BCUT2D eigenvalue weighted by Crippen LogP contribution is 2.36. The van der Waals surface area contributed by atoms with Crippen LogP contribution in [-0.4, -0.2) is 24.9 Å². The first-order valence-corrected chi connectivity index (χ1v) is 4.19. The van der Waals surface area contributed by atoms with Crippen molar-refractivity contribution in [3.63, 3.8) is 0 Å². The van der Waals surface area contributed by atoms with Crippen LogP contribution >= 0.6 is 0 Å². The summed E-state index contributed by atoms with van der Waals surface area (Å²) in [5.41, 5.74) is 0. The van der Waals surface area contributed by atoms with Gasteiger partial charge >= 0.3 is 0 Å². The van der Waals surface area contributed by atoms with Crippen molar-refractivity contribution in [1.82, 2.24) is 0 Å². The minimum atomic E-state index is 0.474. The summed E-state index contributed by atoms with van der Waals surface area (Å²) < 4.78 is 10.5. The second-order valence-electron chi connectivity index (χ2n) is 3.15. The first-order valence-electron chi connectivity index (χ1n) is 4.19. The lowest BCUT2D eigenvalue weighted by atomic mass is 10.1. The summed E-state index contributed by atoms with van der Waals surface area (Å²) in [6.45, 7) is 3.15. The normalized spacial score (nSPS) is 43.5. The van der Waals surface area contributed by atoms with Crippen molar-refractivity contribution >= 4 is 0 Å². The third-order valence-corrected chi connectivity index (χ3v) is 2.19. The zero-order valence-corrected chi connectivity index (χ0v) is 6.38. The summed E-state index contributed by atoms with van der Waals surface area (Å²) >= 11 is 0. The molecule has 0 amide bonds. The minimum Gasteiger partial charge on any atom is -0.370 e. The molecule has 3 atom stereocenters. The molecule has 2 saturated heterocycles. The van der Waals surface area contributed by atoms with Gasteiger partial charge in [-0.25, -0.2) is 0 Å². The first kappa shape index (κ1) is 6.62. The molecule has 0 bridgehead atoms.